The zero-order chi connectivity index (χ0) is 14.4. The van der Waals surface area contributed by atoms with Crippen LogP contribution in [0.25, 0.3) is 5.57 Å². The fourth-order valence-corrected chi connectivity index (χ4v) is 2.46. The van der Waals surface area contributed by atoms with Gasteiger partial charge in [-0.15, -0.1) is 0 Å². The number of amides is 1. The Balaban J connectivity index is 1.87. The predicted octanol–water partition coefficient (Wildman–Crippen LogP) is 2.68. The lowest BCUT2D eigenvalue weighted by molar-refractivity contribution is -0.131. The van der Waals surface area contributed by atoms with E-state index in [4.69, 9.17) is 5.73 Å². The summed E-state index contributed by atoms with van der Waals surface area (Å²) in [6.45, 7) is 4.32. The number of hydrogen-bond donors (Lipinski definition) is 1. The molecule has 3 heteroatoms. The summed E-state index contributed by atoms with van der Waals surface area (Å²) < 4.78 is 0. The second-order valence-corrected chi connectivity index (χ2v) is 5.56. The number of rotatable bonds is 5. The lowest BCUT2D eigenvalue weighted by Gasteiger charge is -2.27. The quantitative estimate of drug-likeness (QED) is 0.895. The molecule has 20 heavy (non-hydrogen) atoms. The highest BCUT2D eigenvalue weighted by Crippen LogP contribution is 2.22. The number of carbonyl (C=O) groups is 1. The highest BCUT2D eigenvalue weighted by atomic mass is 16.2. The molecule has 1 aliphatic heterocycles. The molecular weight excluding hydrogens is 248 g/mol. The lowest BCUT2D eigenvalue weighted by atomic mass is 9.99. The maximum absolute atomic E-state index is 12.1. The molecule has 1 aliphatic rings. The van der Waals surface area contributed by atoms with Crippen LogP contribution in [0.3, 0.4) is 0 Å². The largest absolute Gasteiger partial charge is 0.339 e. The summed E-state index contributed by atoms with van der Waals surface area (Å²) in [4.78, 5) is 14.1. The minimum Gasteiger partial charge on any atom is -0.339 e. The molecule has 0 saturated carbocycles. The van der Waals surface area contributed by atoms with Gasteiger partial charge in [0.1, 0.15) is 0 Å². The molecule has 0 spiro atoms. The van der Waals surface area contributed by atoms with Crippen LogP contribution in [0.5, 0.6) is 0 Å². The SMILES string of the molecule is CC(CN)CCC(=O)N1CC=C(c2ccccc2)CC1. The van der Waals surface area contributed by atoms with Crippen molar-refractivity contribution in [1.82, 2.24) is 4.90 Å². The first-order chi connectivity index (χ1) is 9.70. The molecule has 1 atom stereocenters. The van der Waals surface area contributed by atoms with Gasteiger partial charge in [0, 0.05) is 19.5 Å². The van der Waals surface area contributed by atoms with Crippen LogP contribution in [0.4, 0.5) is 0 Å². The number of carbonyl (C=O) groups excluding carboxylic acids is 1. The van der Waals surface area contributed by atoms with E-state index in [-0.39, 0.29) is 5.91 Å². The smallest absolute Gasteiger partial charge is 0.222 e. The van der Waals surface area contributed by atoms with Gasteiger partial charge in [-0.3, -0.25) is 4.79 Å². The second-order valence-electron chi connectivity index (χ2n) is 5.56. The zero-order valence-electron chi connectivity index (χ0n) is 12.2. The average Bonchev–Trinajstić information content (AvgIpc) is 2.53. The van der Waals surface area contributed by atoms with Gasteiger partial charge >= 0.3 is 0 Å². The number of hydrogen-bond acceptors (Lipinski definition) is 2. The van der Waals surface area contributed by atoms with Gasteiger partial charge in [-0.25, -0.2) is 0 Å². The van der Waals surface area contributed by atoms with Crippen molar-refractivity contribution < 1.29 is 4.79 Å². The van der Waals surface area contributed by atoms with Crippen LogP contribution in [0, 0.1) is 5.92 Å². The molecular formula is C17H24N2O. The first-order valence-corrected chi connectivity index (χ1v) is 7.43. The molecule has 1 heterocycles. The van der Waals surface area contributed by atoms with Crippen molar-refractivity contribution in [3.05, 3.63) is 42.0 Å². The molecule has 1 aromatic rings. The molecule has 0 aliphatic carbocycles. The van der Waals surface area contributed by atoms with Gasteiger partial charge in [0.2, 0.25) is 5.91 Å². The fraction of sp³-hybridized carbons (Fsp3) is 0.471. The molecule has 1 amide bonds. The van der Waals surface area contributed by atoms with Crippen LogP contribution in [0.1, 0.15) is 31.7 Å². The highest BCUT2D eigenvalue weighted by Gasteiger charge is 2.18. The van der Waals surface area contributed by atoms with Gasteiger partial charge in [-0.1, -0.05) is 43.3 Å². The van der Waals surface area contributed by atoms with Gasteiger partial charge < -0.3 is 10.6 Å². The van der Waals surface area contributed by atoms with Crippen molar-refractivity contribution in [2.75, 3.05) is 19.6 Å². The van der Waals surface area contributed by atoms with E-state index >= 15 is 0 Å². The van der Waals surface area contributed by atoms with E-state index in [0.29, 0.717) is 18.9 Å². The van der Waals surface area contributed by atoms with E-state index in [0.717, 1.165) is 25.9 Å². The van der Waals surface area contributed by atoms with Crippen molar-refractivity contribution in [3.63, 3.8) is 0 Å². The molecule has 0 aromatic heterocycles. The highest BCUT2D eigenvalue weighted by molar-refractivity contribution is 5.78. The maximum Gasteiger partial charge on any atom is 0.222 e. The van der Waals surface area contributed by atoms with Crippen molar-refractivity contribution in [3.8, 4) is 0 Å². The van der Waals surface area contributed by atoms with Crippen LogP contribution < -0.4 is 5.73 Å². The van der Waals surface area contributed by atoms with Gasteiger partial charge in [0.05, 0.1) is 0 Å². The zero-order valence-corrected chi connectivity index (χ0v) is 12.2. The Kier molecular flexibility index (Phi) is 5.36. The van der Waals surface area contributed by atoms with Crippen molar-refractivity contribution >= 4 is 11.5 Å². The molecule has 108 valence electrons. The standard InChI is InChI=1S/C17H24N2O/c1-14(13-18)7-8-17(20)19-11-9-16(10-12-19)15-5-3-2-4-6-15/h2-6,9,14H,7-8,10-13,18H2,1H3. The number of nitrogens with zero attached hydrogens (tertiary/aromatic N) is 1. The molecule has 0 radical (unpaired) electrons. The Morgan fingerprint density at radius 1 is 1.35 bits per heavy atom. The molecule has 2 N–H and O–H groups in total. The van der Waals surface area contributed by atoms with Crippen LogP contribution >= 0.6 is 0 Å². The molecule has 1 unspecified atom stereocenters. The summed E-state index contributed by atoms with van der Waals surface area (Å²) in [6.07, 6.45) is 4.64. The maximum atomic E-state index is 12.1. The van der Waals surface area contributed by atoms with E-state index in [2.05, 4.69) is 37.3 Å². The fourth-order valence-electron chi connectivity index (χ4n) is 2.46. The Morgan fingerprint density at radius 3 is 2.70 bits per heavy atom. The number of nitrogens with two attached hydrogens (primary N) is 1. The van der Waals surface area contributed by atoms with E-state index in [1.165, 1.54) is 11.1 Å². The van der Waals surface area contributed by atoms with Gasteiger partial charge in [-0.2, -0.15) is 0 Å². The summed E-state index contributed by atoms with van der Waals surface area (Å²) in [5.74, 6) is 0.688. The normalized spacial score (nSPS) is 16.7. The first-order valence-electron chi connectivity index (χ1n) is 7.43. The van der Waals surface area contributed by atoms with Crippen LogP contribution in [-0.2, 0) is 4.79 Å². The second kappa shape index (κ2) is 7.25. The van der Waals surface area contributed by atoms with Crippen LogP contribution in [0.15, 0.2) is 36.4 Å². The molecule has 0 fully saturated rings. The first kappa shape index (κ1) is 14.8. The summed E-state index contributed by atoms with van der Waals surface area (Å²) in [7, 11) is 0. The van der Waals surface area contributed by atoms with Crippen molar-refractivity contribution in [2.45, 2.75) is 26.2 Å². The minimum absolute atomic E-state index is 0.258. The Hall–Kier alpha value is -1.61. The van der Waals surface area contributed by atoms with Gasteiger partial charge in [-0.05, 0) is 36.4 Å². The summed E-state index contributed by atoms with van der Waals surface area (Å²) in [6, 6.07) is 10.4. The number of benzene rings is 1. The van der Waals surface area contributed by atoms with E-state index in [9.17, 15) is 4.79 Å². The molecule has 1 aromatic carbocycles. The Labute approximate surface area is 121 Å². The molecule has 0 bridgehead atoms. The van der Waals surface area contributed by atoms with E-state index in [1.807, 2.05) is 11.0 Å². The van der Waals surface area contributed by atoms with Gasteiger partial charge in [0.25, 0.3) is 0 Å². The van der Waals surface area contributed by atoms with Crippen molar-refractivity contribution in [2.24, 2.45) is 11.7 Å². The summed E-state index contributed by atoms with van der Waals surface area (Å²) >= 11 is 0. The molecule has 2 rings (SSSR count). The molecule has 0 saturated heterocycles. The van der Waals surface area contributed by atoms with Crippen LogP contribution in [0.2, 0.25) is 0 Å². The monoisotopic (exact) mass is 272 g/mol. The summed E-state index contributed by atoms with van der Waals surface area (Å²) in [5, 5.41) is 0. The van der Waals surface area contributed by atoms with Crippen molar-refractivity contribution in [1.29, 1.82) is 0 Å². The Bertz CT molecular complexity index is 467. The molecule has 3 nitrogen and oxygen atoms in total. The third-order valence-electron chi connectivity index (χ3n) is 3.96. The summed E-state index contributed by atoms with van der Waals surface area (Å²) in [5.41, 5.74) is 8.21. The van der Waals surface area contributed by atoms with Crippen LogP contribution in [-0.4, -0.2) is 30.4 Å². The topological polar surface area (TPSA) is 46.3 Å². The Morgan fingerprint density at radius 2 is 2.10 bits per heavy atom. The predicted molar refractivity (Wildman–Crippen MR) is 83.1 cm³/mol. The lowest BCUT2D eigenvalue weighted by Crippen LogP contribution is -2.34. The average molecular weight is 272 g/mol. The minimum atomic E-state index is 0.258. The third kappa shape index (κ3) is 3.94. The van der Waals surface area contributed by atoms with Gasteiger partial charge in [0.15, 0.2) is 0 Å². The third-order valence-corrected chi connectivity index (χ3v) is 3.96. The van der Waals surface area contributed by atoms with E-state index < -0.39 is 0 Å². The van der Waals surface area contributed by atoms with E-state index in [1.54, 1.807) is 0 Å².